The van der Waals surface area contributed by atoms with E-state index in [1.165, 1.54) is 40.6 Å². The third-order valence-electron chi connectivity index (χ3n) is 12.8. The second-order valence-corrected chi connectivity index (χ2v) is 18.1. The van der Waals surface area contributed by atoms with Crippen LogP contribution in [0.5, 0.6) is 11.5 Å². The summed E-state index contributed by atoms with van der Waals surface area (Å²) in [6, 6.07) is 21.7. The average molecular weight is 1100 g/mol. The van der Waals surface area contributed by atoms with Gasteiger partial charge in [0, 0.05) is 41.8 Å². The van der Waals surface area contributed by atoms with Crippen molar-refractivity contribution in [3.63, 3.8) is 0 Å². The Balaban J connectivity index is 0.000000249. The summed E-state index contributed by atoms with van der Waals surface area (Å²) in [5.41, 5.74) is 3.95. The predicted octanol–water partition coefficient (Wildman–Crippen LogP) is 10.1. The van der Waals surface area contributed by atoms with Gasteiger partial charge in [0.05, 0.1) is 98.5 Å². The smallest absolute Gasteiger partial charge is 0.406 e. The van der Waals surface area contributed by atoms with Gasteiger partial charge < -0.3 is 59.6 Å². The van der Waals surface area contributed by atoms with Crippen LogP contribution in [0, 0.1) is 23.7 Å². The zero-order valence-electron chi connectivity index (χ0n) is 42.8. The third kappa shape index (κ3) is 15.2. The van der Waals surface area contributed by atoms with Gasteiger partial charge in [-0.2, -0.15) is 26.3 Å². The van der Waals surface area contributed by atoms with Crippen LogP contribution in [0.4, 0.5) is 57.9 Å². The minimum Gasteiger partial charge on any atom is -0.495 e. The number of fused-ring (bicyclic) bond motifs is 2. The third-order valence-corrected chi connectivity index (χ3v) is 12.8. The minimum atomic E-state index is -4.46. The minimum absolute atomic E-state index is 0. The van der Waals surface area contributed by atoms with Crippen LogP contribution >= 0.6 is 0 Å². The second kappa shape index (κ2) is 26.5. The highest BCUT2D eigenvalue weighted by atomic mass is 19.4. The molecule has 0 saturated carbocycles. The monoisotopic (exact) mass is 1090 g/mol. The number of benzene rings is 4. The number of carbonyl (C=O) groups excluding carboxylic acids is 2. The maximum absolute atomic E-state index is 14.7. The molecule has 4 aromatic carbocycles. The van der Waals surface area contributed by atoms with Gasteiger partial charge in [-0.1, -0.05) is 31.4 Å². The first-order chi connectivity index (χ1) is 36.8. The molecule has 22 heteroatoms. The molecule has 8 rings (SSSR count). The Labute approximate surface area is 447 Å². The molecule has 4 atom stereocenters. The molecule has 2 aliphatic rings. The number of ether oxygens (including phenoxy) is 4. The highest BCUT2D eigenvalue weighted by Gasteiger charge is 2.33. The van der Waals surface area contributed by atoms with Crippen LogP contribution in [0.25, 0.3) is 21.8 Å². The van der Waals surface area contributed by atoms with Crippen LogP contribution in [0.2, 0.25) is 0 Å². The molecule has 2 aliphatic heterocycles. The fourth-order valence-electron chi connectivity index (χ4n) is 9.04. The maximum atomic E-state index is 14.7. The predicted molar refractivity (Wildman–Crippen MR) is 286 cm³/mol. The van der Waals surface area contributed by atoms with E-state index in [0.29, 0.717) is 93.1 Å². The van der Waals surface area contributed by atoms with E-state index in [0.717, 1.165) is 15.7 Å². The number of nitrogens with one attached hydrogen (secondary N) is 5. The molecule has 14 nitrogen and oxygen atoms in total. The Morgan fingerprint density at radius 3 is 1.51 bits per heavy atom. The number of aromatic nitrogens is 2. The molecular weight excluding hydrogens is 1030 g/mol. The molecule has 6 aromatic rings. The maximum Gasteiger partial charge on any atom is 0.406 e. The van der Waals surface area contributed by atoms with Crippen LogP contribution in [-0.2, 0) is 22.6 Å². The highest BCUT2D eigenvalue weighted by molar-refractivity contribution is 5.95. The number of rotatable bonds is 14. The first-order valence-corrected chi connectivity index (χ1v) is 24.4. The van der Waals surface area contributed by atoms with E-state index >= 15 is 0 Å². The number of anilines is 4. The van der Waals surface area contributed by atoms with Crippen LogP contribution in [-0.4, -0.2) is 138 Å². The SMILES string of the molecule is C.COC(=O)c1ccc(NCC#Cc2cc3c(NC4CCN(C)CC4F)cccc3n2CC(F)(F)F)c(OC)c1.COC(=O)c1ccc(NCC#Cc2cc3c(NC4CCNCC4F)cccc3n2CC(F)(F)F)c(OC)c1. The van der Waals surface area contributed by atoms with Gasteiger partial charge in [-0.3, -0.25) is 0 Å². The van der Waals surface area contributed by atoms with Crippen molar-refractivity contribution in [1.82, 2.24) is 19.4 Å². The lowest BCUT2D eigenvalue weighted by molar-refractivity contribution is -0.140. The summed E-state index contributed by atoms with van der Waals surface area (Å²) in [6.45, 7) is -0.312. The van der Waals surface area contributed by atoms with Gasteiger partial charge in [-0.25, -0.2) is 18.4 Å². The van der Waals surface area contributed by atoms with E-state index in [2.05, 4.69) is 50.3 Å². The lowest BCUT2D eigenvalue weighted by Crippen LogP contribution is -2.46. The van der Waals surface area contributed by atoms with Crippen molar-refractivity contribution in [2.24, 2.45) is 0 Å². The van der Waals surface area contributed by atoms with Crippen molar-refractivity contribution < 1.29 is 63.7 Å². The van der Waals surface area contributed by atoms with Crippen LogP contribution < -0.4 is 36.1 Å². The number of halogens is 8. The molecule has 0 aliphatic carbocycles. The van der Waals surface area contributed by atoms with Crippen LogP contribution in [0.3, 0.4) is 0 Å². The molecule has 0 amide bonds. The Morgan fingerprint density at radius 2 is 1.10 bits per heavy atom. The zero-order chi connectivity index (χ0) is 55.4. The average Bonchev–Trinajstić information content (AvgIpc) is 3.93. The Morgan fingerprint density at radius 1 is 0.641 bits per heavy atom. The van der Waals surface area contributed by atoms with Gasteiger partial charge in [0.15, 0.2) is 0 Å². The van der Waals surface area contributed by atoms with Crippen LogP contribution in [0.1, 0.15) is 52.4 Å². The summed E-state index contributed by atoms with van der Waals surface area (Å²) in [7, 11) is 7.31. The number of esters is 2. The van der Waals surface area contributed by atoms with E-state index in [1.54, 1.807) is 72.8 Å². The number of likely N-dealkylation sites (tertiary alicyclic amines) is 1. The van der Waals surface area contributed by atoms with Crippen molar-refractivity contribution in [2.45, 2.75) is 70.1 Å². The fourth-order valence-corrected chi connectivity index (χ4v) is 9.04. The van der Waals surface area contributed by atoms with E-state index in [9.17, 15) is 44.7 Å². The molecule has 418 valence electrons. The van der Waals surface area contributed by atoms with Gasteiger partial charge in [0.1, 0.15) is 36.9 Å². The number of hydrogen-bond acceptors (Lipinski definition) is 12. The lowest BCUT2D eigenvalue weighted by atomic mass is 10.0. The molecule has 2 saturated heterocycles. The topological polar surface area (TPSA) is 144 Å². The number of piperidine rings is 2. The summed E-state index contributed by atoms with van der Waals surface area (Å²) >= 11 is 0. The molecule has 0 spiro atoms. The first kappa shape index (κ1) is 59.4. The molecule has 0 bridgehead atoms. The van der Waals surface area contributed by atoms with Gasteiger partial charge in [0.2, 0.25) is 0 Å². The van der Waals surface area contributed by atoms with Crippen molar-refractivity contribution in [2.75, 3.05) is 96.0 Å². The molecule has 2 fully saturated rings. The quantitative estimate of drug-likeness (QED) is 0.0402. The lowest BCUT2D eigenvalue weighted by Gasteiger charge is -2.33. The fraction of sp³-hybridized carbons (Fsp3) is 0.393. The number of alkyl halides is 8. The first-order valence-electron chi connectivity index (χ1n) is 24.4. The van der Waals surface area contributed by atoms with E-state index < -0.39 is 61.8 Å². The van der Waals surface area contributed by atoms with Gasteiger partial charge in [-0.15, -0.1) is 0 Å². The second-order valence-electron chi connectivity index (χ2n) is 18.1. The van der Waals surface area contributed by atoms with Gasteiger partial charge >= 0.3 is 24.3 Å². The number of carbonyl (C=O) groups is 2. The molecule has 2 aromatic heterocycles. The zero-order valence-corrected chi connectivity index (χ0v) is 42.8. The summed E-state index contributed by atoms with van der Waals surface area (Å²) in [6.07, 6.45) is -9.99. The van der Waals surface area contributed by atoms with E-state index in [1.807, 2.05) is 11.9 Å². The van der Waals surface area contributed by atoms with Crippen molar-refractivity contribution in [3.05, 3.63) is 107 Å². The molecule has 0 radical (unpaired) electrons. The summed E-state index contributed by atoms with van der Waals surface area (Å²) < 4.78 is 132. The number of nitrogens with zero attached hydrogens (tertiary/aromatic N) is 3. The highest BCUT2D eigenvalue weighted by Crippen LogP contribution is 2.34. The van der Waals surface area contributed by atoms with Crippen molar-refractivity contribution in [3.8, 4) is 35.2 Å². The number of methoxy groups -OCH3 is 4. The van der Waals surface area contributed by atoms with E-state index in [4.69, 9.17) is 18.9 Å². The summed E-state index contributed by atoms with van der Waals surface area (Å²) in [4.78, 5) is 25.4. The Hall–Kier alpha value is -7.82. The summed E-state index contributed by atoms with van der Waals surface area (Å²) in [5, 5.41) is 16.6. The normalized spacial score (nSPS) is 17.4. The molecule has 4 unspecified atom stereocenters. The summed E-state index contributed by atoms with van der Waals surface area (Å²) in [5.74, 6) is 11.2. The Bertz CT molecular complexity index is 3170. The van der Waals surface area contributed by atoms with E-state index in [-0.39, 0.29) is 38.4 Å². The largest absolute Gasteiger partial charge is 0.495 e. The molecular formula is C56H62F8N8O6. The van der Waals surface area contributed by atoms with Gasteiger partial charge in [-0.05, 0) is 111 Å². The standard InChI is InChI=1S/C28H30F4N4O3.C27H28F4N4O3.CH4/c1-35-13-11-23(21(29)16-35)34-22-7-4-8-25-20(22)15-19(36(25)17-28(30,31)32)6-5-12-33-24-10-9-18(27(37)39-3)14-26(24)38-2;1-37-25-13-17(26(36)38-2)8-9-23(25)33-11-4-5-18-14-19-21(34-22-10-12-32-15-20(22)28)6-3-7-24(19)35(18)16-27(29,30)31;/h4,7-10,14-15,21,23,33-34H,11-13,16-17H2,1-3H3;3,6-9,13-14,20,22,32-34H,10-12,15-16H2,1-2H3;1H4. The van der Waals surface area contributed by atoms with Crippen molar-refractivity contribution >= 4 is 56.5 Å². The molecule has 4 heterocycles. The Kier molecular flexibility index (Phi) is 20.2. The number of hydrogen-bond donors (Lipinski definition) is 5. The van der Waals surface area contributed by atoms with Crippen molar-refractivity contribution in [1.29, 1.82) is 0 Å². The van der Waals surface area contributed by atoms with Crippen LogP contribution in [0.15, 0.2) is 84.9 Å². The molecule has 78 heavy (non-hydrogen) atoms. The molecule has 5 N–H and O–H groups in total. The van der Waals surface area contributed by atoms with Gasteiger partial charge in [0.25, 0.3) is 0 Å².